The van der Waals surface area contributed by atoms with Crippen LogP contribution in [0.15, 0.2) is 59.5 Å². The summed E-state index contributed by atoms with van der Waals surface area (Å²) in [5.41, 5.74) is 0.377. The summed E-state index contributed by atoms with van der Waals surface area (Å²) < 4.78 is 40.2. The zero-order valence-corrected chi connectivity index (χ0v) is 12.3. The summed E-state index contributed by atoms with van der Waals surface area (Å²) >= 11 is 0. The van der Waals surface area contributed by atoms with Crippen LogP contribution in [0.25, 0.3) is 0 Å². The van der Waals surface area contributed by atoms with E-state index < -0.39 is 26.8 Å². The third-order valence-corrected chi connectivity index (χ3v) is 4.71. The number of halogens is 1. The van der Waals surface area contributed by atoms with E-state index in [9.17, 15) is 17.9 Å². The van der Waals surface area contributed by atoms with Gasteiger partial charge in [-0.15, -0.1) is 0 Å². The monoisotopic (exact) mass is 309 g/mol. The number of sulfonamides is 1. The van der Waals surface area contributed by atoms with Gasteiger partial charge in [0.25, 0.3) is 10.0 Å². The first kappa shape index (κ1) is 15.5. The van der Waals surface area contributed by atoms with E-state index in [2.05, 4.69) is 0 Å². The highest BCUT2D eigenvalue weighted by molar-refractivity contribution is 7.92. The largest absolute Gasteiger partial charge is 0.392 e. The lowest BCUT2D eigenvalue weighted by Crippen LogP contribution is -2.37. The number of benzene rings is 2. The molecular weight excluding hydrogens is 293 g/mol. The molecule has 6 heteroatoms. The van der Waals surface area contributed by atoms with Gasteiger partial charge in [-0.3, -0.25) is 4.31 Å². The molecule has 0 aromatic heterocycles. The lowest BCUT2D eigenvalue weighted by molar-refractivity contribution is 0.204. The fraction of sp³-hybridized carbons (Fsp3) is 0.200. The van der Waals surface area contributed by atoms with Crippen molar-refractivity contribution in [1.29, 1.82) is 0 Å². The van der Waals surface area contributed by atoms with Gasteiger partial charge in [0.2, 0.25) is 0 Å². The standard InChI is InChI=1S/C15H16FNO3S/c1-12(18)11-17(13-7-3-2-4-8-13)21(19,20)15-10-6-5-9-14(15)16/h2-10,12,18H,11H2,1H3/t12-/m1/s1. The molecule has 0 heterocycles. The van der Waals surface area contributed by atoms with Crippen LogP contribution in [0.3, 0.4) is 0 Å². The van der Waals surface area contributed by atoms with Crippen molar-refractivity contribution in [3.8, 4) is 0 Å². The normalized spacial score (nSPS) is 12.9. The minimum Gasteiger partial charge on any atom is -0.392 e. The maximum atomic E-state index is 13.8. The summed E-state index contributed by atoms with van der Waals surface area (Å²) in [5, 5.41) is 9.56. The van der Waals surface area contributed by atoms with Crippen LogP contribution in [0.1, 0.15) is 6.92 Å². The van der Waals surface area contributed by atoms with Crippen LogP contribution in [-0.4, -0.2) is 26.2 Å². The Kier molecular flexibility index (Phi) is 4.59. The molecule has 21 heavy (non-hydrogen) atoms. The van der Waals surface area contributed by atoms with Gasteiger partial charge in [0.15, 0.2) is 0 Å². The van der Waals surface area contributed by atoms with E-state index in [1.165, 1.54) is 25.1 Å². The van der Waals surface area contributed by atoms with Crippen molar-refractivity contribution in [2.24, 2.45) is 0 Å². The molecule has 0 saturated heterocycles. The Balaban J connectivity index is 2.53. The highest BCUT2D eigenvalue weighted by atomic mass is 32.2. The molecule has 0 saturated carbocycles. The van der Waals surface area contributed by atoms with Crippen molar-refractivity contribution in [2.75, 3.05) is 10.8 Å². The maximum absolute atomic E-state index is 13.8. The van der Waals surface area contributed by atoms with E-state index in [1.807, 2.05) is 0 Å². The van der Waals surface area contributed by atoms with Crippen LogP contribution in [0.5, 0.6) is 0 Å². The Morgan fingerprint density at radius 2 is 1.67 bits per heavy atom. The number of aliphatic hydroxyl groups is 1. The molecule has 0 spiro atoms. The van der Waals surface area contributed by atoms with Crippen molar-refractivity contribution in [2.45, 2.75) is 17.9 Å². The van der Waals surface area contributed by atoms with E-state index >= 15 is 0 Å². The fourth-order valence-electron chi connectivity index (χ4n) is 1.95. The minimum absolute atomic E-state index is 0.152. The molecule has 0 unspecified atom stereocenters. The molecule has 112 valence electrons. The average Bonchev–Trinajstić information content (AvgIpc) is 2.45. The third-order valence-electron chi connectivity index (χ3n) is 2.88. The van der Waals surface area contributed by atoms with Gasteiger partial charge in [0.1, 0.15) is 10.7 Å². The second kappa shape index (κ2) is 6.24. The lowest BCUT2D eigenvalue weighted by Gasteiger charge is -2.25. The van der Waals surface area contributed by atoms with E-state index in [4.69, 9.17) is 0 Å². The van der Waals surface area contributed by atoms with Gasteiger partial charge in [-0.25, -0.2) is 12.8 Å². The molecule has 1 atom stereocenters. The molecule has 2 aromatic carbocycles. The smallest absolute Gasteiger partial charge is 0.267 e. The van der Waals surface area contributed by atoms with Crippen LogP contribution in [0.4, 0.5) is 10.1 Å². The fourth-order valence-corrected chi connectivity index (χ4v) is 3.56. The van der Waals surface area contributed by atoms with Gasteiger partial charge >= 0.3 is 0 Å². The van der Waals surface area contributed by atoms with Crippen LogP contribution in [-0.2, 0) is 10.0 Å². The quantitative estimate of drug-likeness (QED) is 0.922. The summed E-state index contributed by atoms with van der Waals surface area (Å²) in [6, 6.07) is 13.5. The first-order valence-electron chi connectivity index (χ1n) is 6.43. The number of para-hydroxylation sites is 1. The molecule has 0 aliphatic carbocycles. The Labute approximate surface area is 123 Å². The van der Waals surface area contributed by atoms with Crippen molar-refractivity contribution < 1.29 is 17.9 Å². The van der Waals surface area contributed by atoms with Crippen molar-refractivity contribution in [3.63, 3.8) is 0 Å². The molecule has 0 aliphatic rings. The van der Waals surface area contributed by atoms with Crippen LogP contribution >= 0.6 is 0 Å². The predicted molar refractivity (Wildman–Crippen MR) is 79.1 cm³/mol. The van der Waals surface area contributed by atoms with Crippen LogP contribution < -0.4 is 4.31 Å². The first-order chi connectivity index (χ1) is 9.93. The summed E-state index contributed by atoms with van der Waals surface area (Å²) in [4.78, 5) is -0.408. The number of rotatable bonds is 5. The van der Waals surface area contributed by atoms with Crippen molar-refractivity contribution >= 4 is 15.7 Å². The molecule has 0 bridgehead atoms. The molecule has 2 aromatic rings. The molecule has 1 N–H and O–H groups in total. The van der Waals surface area contributed by atoms with E-state index in [-0.39, 0.29) is 6.54 Å². The SMILES string of the molecule is C[C@@H](O)CN(c1ccccc1)S(=O)(=O)c1ccccc1F. The average molecular weight is 309 g/mol. The topological polar surface area (TPSA) is 57.6 Å². The summed E-state index contributed by atoms with van der Waals surface area (Å²) in [6.07, 6.45) is -0.883. The summed E-state index contributed by atoms with van der Waals surface area (Å²) in [7, 11) is -4.08. The lowest BCUT2D eigenvalue weighted by atomic mass is 10.3. The molecule has 0 amide bonds. The highest BCUT2D eigenvalue weighted by Crippen LogP contribution is 2.25. The Morgan fingerprint density at radius 1 is 1.10 bits per heavy atom. The molecule has 0 fully saturated rings. The van der Waals surface area contributed by atoms with Gasteiger partial charge in [-0.2, -0.15) is 0 Å². The van der Waals surface area contributed by atoms with E-state index in [0.717, 1.165) is 10.4 Å². The second-order valence-corrected chi connectivity index (χ2v) is 6.48. The van der Waals surface area contributed by atoms with E-state index in [0.29, 0.717) is 5.69 Å². The zero-order chi connectivity index (χ0) is 15.5. The number of anilines is 1. The first-order valence-corrected chi connectivity index (χ1v) is 7.87. The third kappa shape index (κ3) is 3.40. The number of aliphatic hydroxyl groups excluding tert-OH is 1. The molecule has 4 nitrogen and oxygen atoms in total. The van der Waals surface area contributed by atoms with Crippen molar-refractivity contribution in [3.05, 3.63) is 60.4 Å². The molecular formula is C15H16FNO3S. The Hall–Kier alpha value is -1.92. The molecule has 2 rings (SSSR count). The maximum Gasteiger partial charge on any atom is 0.267 e. The van der Waals surface area contributed by atoms with E-state index in [1.54, 1.807) is 30.3 Å². The molecule has 0 aliphatic heterocycles. The van der Waals surface area contributed by atoms with Gasteiger partial charge in [-0.1, -0.05) is 30.3 Å². The van der Waals surface area contributed by atoms with Gasteiger partial charge in [0.05, 0.1) is 18.3 Å². The molecule has 0 radical (unpaired) electrons. The predicted octanol–water partition coefficient (Wildman–Crippen LogP) is 2.40. The van der Waals surface area contributed by atoms with Crippen LogP contribution in [0.2, 0.25) is 0 Å². The Bertz CT molecular complexity index is 702. The Morgan fingerprint density at radius 3 is 2.24 bits per heavy atom. The second-order valence-electron chi connectivity index (χ2n) is 4.65. The number of hydrogen-bond acceptors (Lipinski definition) is 3. The summed E-state index contributed by atoms with van der Waals surface area (Å²) in [6.45, 7) is 1.33. The van der Waals surface area contributed by atoms with Gasteiger partial charge in [0, 0.05) is 0 Å². The number of hydrogen-bond donors (Lipinski definition) is 1. The zero-order valence-electron chi connectivity index (χ0n) is 11.5. The minimum atomic E-state index is -4.08. The highest BCUT2D eigenvalue weighted by Gasteiger charge is 2.28. The van der Waals surface area contributed by atoms with Crippen molar-refractivity contribution in [1.82, 2.24) is 0 Å². The van der Waals surface area contributed by atoms with Gasteiger partial charge in [-0.05, 0) is 31.2 Å². The van der Waals surface area contributed by atoms with Gasteiger partial charge < -0.3 is 5.11 Å². The summed E-state index contributed by atoms with van der Waals surface area (Å²) in [5.74, 6) is -0.816. The van der Waals surface area contributed by atoms with Crippen LogP contribution in [0, 0.1) is 5.82 Å². The number of nitrogens with zero attached hydrogens (tertiary/aromatic N) is 1.